The Bertz CT molecular complexity index is 333. The Hall–Kier alpha value is -0.535. The van der Waals surface area contributed by atoms with Crippen molar-refractivity contribution < 1.29 is 9.76 Å². The van der Waals surface area contributed by atoms with Crippen LogP contribution in [0.1, 0.15) is 48.0 Å². The van der Waals surface area contributed by atoms with Crippen molar-refractivity contribution in [1.29, 1.82) is 0 Å². The van der Waals surface area contributed by atoms with Gasteiger partial charge in [-0.25, -0.2) is 0 Å². The fourth-order valence-electron chi connectivity index (χ4n) is 1.29. The van der Waals surface area contributed by atoms with Crippen molar-refractivity contribution in [1.82, 2.24) is 0 Å². The van der Waals surface area contributed by atoms with Crippen LogP contribution in [-0.2, 0) is 4.65 Å². The van der Waals surface area contributed by atoms with Gasteiger partial charge < -0.3 is 9.76 Å². The normalized spacial score (nSPS) is 20.1. The van der Waals surface area contributed by atoms with Gasteiger partial charge in [-0.3, -0.25) is 0 Å². The van der Waals surface area contributed by atoms with Crippen molar-refractivity contribution in [2.75, 3.05) is 0 Å². The smallest absolute Gasteiger partial charge is 0.330 e. The van der Waals surface area contributed by atoms with Crippen molar-refractivity contribution in [2.24, 2.45) is 5.41 Å². The lowest BCUT2D eigenvalue weighted by atomic mass is 9.75. The topological polar surface area (TPSA) is 32.1 Å². The Balaban J connectivity index is 2.54. The van der Waals surface area contributed by atoms with E-state index in [1.54, 1.807) is 7.48 Å². The van der Waals surface area contributed by atoms with Crippen LogP contribution in [0.15, 0.2) is 23.7 Å². The Morgan fingerprint density at radius 2 is 1.88 bits per heavy atom. The molecule has 0 amide bonds. The monoisotopic (exact) mass is 236 g/mol. The lowest BCUT2D eigenvalue weighted by Crippen LogP contribution is -2.48. The molecule has 0 fully saturated rings. The molecule has 1 rings (SSSR count). The molecule has 3 heteroatoms. The maximum Gasteiger partial charge on any atom is 0.330 e. The third kappa shape index (κ3) is 4.00. The van der Waals surface area contributed by atoms with Gasteiger partial charge in [-0.2, -0.15) is 0 Å². The van der Waals surface area contributed by atoms with Crippen molar-refractivity contribution >= 4 is 7.48 Å². The lowest BCUT2D eigenvalue weighted by molar-refractivity contribution is -0.0896. The highest BCUT2D eigenvalue weighted by atomic mass is 16.5. The molecule has 0 bridgehead atoms. The van der Waals surface area contributed by atoms with Crippen molar-refractivity contribution in [3.63, 3.8) is 0 Å². The predicted octanol–water partition coefficient (Wildman–Crippen LogP) is 2.77. The number of rotatable bonds is 4. The summed E-state index contributed by atoms with van der Waals surface area (Å²) in [6, 6.07) is 0. The van der Waals surface area contributed by atoms with Gasteiger partial charge in [-0.1, -0.05) is 37.5 Å². The fraction of sp³-hybridized carbons (Fsp3) is 0.714. The maximum atomic E-state index is 8.03. The minimum Gasteiger partial charge on any atom is -0.439 e. The van der Waals surface area contributed by atoms with E-state index in [2.05, 4.69) is 32.1 Å². The summed E-state index contributed by atoms with van der Waals surface area (Å²) in [5.41, 5.74) is 0.236. The van der Waals surface area contributed by atoms with Gasteiger partial charge in [0.05, 0.1) is 0 Å². The first-order valence-electron chi connectivity index (χ1n) is 6.19. The molecule has 0 saturated carbocycles. The number of hydrogen-bond donors (Lipinski definition) is 0. The van der Waals surface area contributed by atoms with E-state index in [-0.39, 0.29) is 5.41 Å². The highest BCUT2D eigenvalue weighted by Crippen LogP contribution is 2.29. The molecule has 0 aromatic rings. The largest absolute Gasteiger partial charge is 0.439 e. The van der Waals surface area contributed by atoms with E-state index < -0.39 is 11.2 Å². The van der Waals surface area contributed by atoms with Gasteiger partial charge >= 0.3 is 7.48 Å². The molecule has 1 aliphatic rings. The molecular formula is C14H25BO2+. The minimum atomic E-state index is -0.623. The first-order chi connectivity index (χ1) is 7.54. The van der Waals surface area contributed by atoms with E-state index in [9.17, 15) is 0 Å². The van der Waals surface area contributed by atoms with Gasteiger partial charge in [0, 0.05) is 13.8 Å². The Kier molecular flexibility index (Phi) is 3.95. The molecular weight excluding hydrogens is 211 g/mol. The molecule has 0 aromatic heterocycles. The fourth-order valence-corrected chi connectivity index (χ4v) is 1.29. The molecule has 1 aliphatic carbocycles. The summed E-state index contributed by atoms with van der Waals surface area (Å²) < 4.78 is 5.77. The molecule has 17 heavy (non-hydrogen) atoms. The quantitative estimate of drug-likeness (QED) is 0.545. The van der Waals surface area contributed by atoms with Crippen LogP contribution < -0.4 is 0 Å². The Labute approximate surface area is 106 Å². The second kappa shape index (κ2) is 4.62. The van der Waals surface area contributed by atoms with Crippen LogP contribution in [0.3, 0.4) is 0 Å². The summed E-state index contributed by atoms with van der Waals surface area (Å²) in [6.07, 6.45) is 7.52. The molecule has 0 atom stereocenters. The van der Waals surface area contributed by atoms with E-state index >= 15 is 0 Å². The SMILES string of the molecule is CC1(C)C=CC([B]OC(C)(C)C(C)(C)[OH2+])=CC1. The summed E-state index contributed by atoms with van der Waals surface area (Å²) in [5, 5.41) is 8.03. The predicted molar refractivity (Wildman–Crippen MR) is 74.2 cm³/mol. The van der Waals surface area contributed by atoms with Gasteiger partial charge in [0.2, 0.25) is 0 Å². The zero-order valence-electron chi connectivity index (χ0n) is 11.9. The van der Waals surface area contributed by atoms with Crippen molar-refractivity contribution in [3.8, 4) is 0 Å². The Morgan fingerprint density at radius 3 is 2.29 bits per heavy atom. The van der Waals surface area contributed by atoms with E-state index in [1.165, 1.54) is 0 Å². The molecule has 2 N–H and O–H groups in total. The molecule has 0 heterocycles. The zero-order valence-corrected chi connectivity index (χ0v) is 11.9. The van der Waals surface area contributed by atoms with Crippen LogP contribution in [0, 0.1) is 5.41 Å². The van der Waals surface area contributed by atoms with Gasteiger partial charge in [-0.05, 0) is 25.7 Å². The summed E-state index contributed by atoms with van der Waals surface area (Å²) in [4.78, 5) is 0. The Morgan fingerprint density at radius 1 is 1.29 bits per heavy atom. The summed E-state index contributed by atoms with van der Waals surface area (Å²) in [6.45, 7) is 12.1. The van der Waals surface area contributed by atoms with Crippen LogP contribution in [0.4, 0.5) is 0 Å². The van der Waals surface area contributed by atoms with E-state index in [4.69, 9.17) is 9.76 Å². The second-order valence-electron chi connectivity index (χ2n) is 6.60. The first kappa shape index (κ1) is 14.5. The zero-order chi connectivity index (χ0) is 13.3. The van der Waals surface area contributed by atoms with Crippen LogP contribution in [0.5, 0.6) is 0 Å². The third-order valence-electron chi connectivity index (χ3n) is 3.59. The van der Waals surface area contributed by atoms with E-state index in [1.807, 2.05) is 27.7 Å². The molecule has 0 aliphatic heterocycles. The van der Waals surface area contributed by atoms with Crippen molar-refractivity contribution in [2.45, 2.75) is 59.2 Å². The number of allylic oxidation sites excluding steroid dienone is 4. The summed E-state index contributed by atoms with van der Waals surface area (Å²) >= 11 is 0. The van der Waals surface area contributed by atoms with Gasteiger partial charge in [0.1, 0.15) is 5.60 Å². The molecule has 0 spiro atoms. The third-order valence-corrected chi connectivity index (χ3v) is 3.59. The molecule has 0 unspecified atom stereocenters. The molecule has 2 nitrogen and oxygen atoms in total. The van der Waals surface area contributed by atoms with Crippen LogP contribution in [0.25, 0.3) is 0 Å². The number of hydrogen-bond acceptors (Lipinski definition) is 1. The van der Waals surface area contributed by atoms with E-state index in [0.29, 0.717) is 0 Å². The van der Waals surface area contributed by atoms with Crippen LogP contribution in [0.2, 0.25) is 0 Å². The minimum absolute atomic E-state index is 0.252. The molecule has 95 valence electrons. The van der Waals surface area contributed by atoms with Crippen LogP contribution in [-0.4, -0.2) is 23.8 Å². The molecule has 0 aromatic carbocycles. The van der Waals surface area contributed by atoms with Crippen LogP contribution >= 0.6 is 0 Å². The van der Waals surface area contributed by atoms with Crippen molar-refractivity contribution in [3.05, 3.63) is 23.7 Å². The van der Waals surface area contributed by atoms with E-state index in [0.717, 1.165) is 11.9 Å². The summed E-state index contributed by atoms with van der Waals surface area (Å²) in [7, 11) is 1.78. The molecule has 1 radical (unpaired) electrons. The second-order valence-corrected chi connectivity index (χ2v) is 6.60. The standard InChI is InChI=1S/C14H24BO2/c1-12(2)9-7-11(8-10-12)15-17-14(5,6)13(3,4)16/h7-9,16H,10H2,1-6H3/p+1. The first-order valence-corrected chi connectivity index (χ1v) is 6.19. The van der Waals surface area contributed by atoms with Gasteiger partial charge in [0.15, 0.2) is 5.60 Å². The van der Waals surface area contributed by atoms with Gasteiger partial charge in [-0.15, -0.1) is 0 Å². The van der Waals surface area contributed by atoms with Gasteiger partial charge in [0.25, 0.3) is 0 Å². The highest BCUT2D eigenvalue weighted by Gasteiger charge is 2.40. The molecule has 0 saturated heterocycles. The highest BCUT2D eigenvalue weighted by molar-refractivity contribution is 6.39. The summed E-state index contributed by atoms with van der Waals surface area (Å²) in [5.74, 6) is 0. The lowest BCUT2D eigenvalue weighted by Gasteiger charge is -2.34. The maximum absolute atomic E-state index is 8.03. The average molecular weight is 236 g/mol. The average Bonchev–Trinajstić information content (AvgIpc) is 2.14.